The maximum Gasteiger partial charge on any atom is -0.0226 e. The number of hydrogen-bond donors (Lipinski definition) is 0. The second kappa shape index (κ2) is 8.40. The average molecular weight is 262 g/mol. The van der Waals surface area contributed by atoms with Crippen molar-refractivity contribution in [2.45, 2.75) is 0 Å². The molecule has 90 valence electrons. The van der Waals surface area contributed by atoms with E-state index in [1.54, 1.807) is 0 Å². The third kappa shape index (κ3) is 7.27. The highest BCUT2D eigenvalue weighted by Gasteiger charge is 1.92. The maximum atomic E-state index is 2.23. The molecule has 17 heavy (non-hydrogen) atoms. The van der Waals surface area contributed by atoms with Crippen LogP contribution in [0.25, 0.3) is 0 Å². The van der Waals surface area contributed by atoms with E-state index in [4.69, 9.17) is 0 Å². The van der Waals surface area contributed by atoms with Crippen molar-refractivity contribution in [3.8, 4) is 0 Å². The fourth-order valence-electron chi connectivity index (χ4n) is 1.21. The zero-order valence-corrected chi connectivity index (χ0v) is 12.6. The van der Waals surface area contributed by atoms with Crippen molar-refractivity contribution in [2.75, 3.05) is 20.0 Å². The lowest BCUT2D eigenvalue weighted by Gasteiger charge is -2.00. The van der Waals surface area contributed by atoms with Crippen LogP contribution in [0, 0.1) is 0 Å². The Kier molecular flexibility index (Phi) is 7.10. The van der Waals surface area contributed by atoms with Crippen LogP contribution in [0.2, 0.25) is 0 Å². The zero-order valence-electron chi connectivity index (χ0n) is 10.7. The molecule has 2 aromatic carbocycles. The lowest BCUT2D eigenvalue weighted by molar-refractivity contribution is 1.76. The van der Waals surface area contributed by atoms with Crippen LogP contribution in [0.4, 0.5) is 0 Å². The Morgan fingerprint density at radius 3 is 1.24 bits per heavy atom. The Balaban J connectivity index is 0.000000317. The summed E-state index contributed by atoms with van der Waals surface area (Å²) in [6.07, 6.45) is 0. The van der Waals surface area contributed by atoms with E-state index >= 15 is 0 Å². The minimum absolute atomic E-state index is 0.380. The van der Waals surface area contributed by atoms with Gasteiger partial charge in [0.25, 0.3) is 0 Å². The average Bonchev–Trinajstić information content (AvgIpc) is 2.31. The summed E-state index contributed by atoms with van der Waals surface area (Å²) in [6, 6.07) is 21.2. The molecule has 0 atom stereocenters. The Bertz CT molecular complexity index is 356. The molecule has 0 N–H and O–H groups in total. The molecule has 0 unspecified atom stereocenters. The highest BCUT2D eigenvalue weighted by Crippen LogP contribution is 2.14. The molecule has 0 aliphatic rings. The summed E-state index contributed by atoms with van der Waals surface area (Å²) in [7, 11) is 1.16. The van der Waals surface area contributed by atoms with Gasteiger partial charge in [0.1, 0.15) is 0 Å². The molecule has 0 radical (unpaired) electrons. The number of rotatable bonds is 2. The first kappa shape index (κ1) is 14.4. The molecule has 2 rings (SSSR count). The van der Waals surface area contributed by atoms with Gasteiger partial charge in [-0.25, -0.2) is 0 Å². The molecular formula is C15H20P2. The largest absolute Gasteiger partial charge is 0.116 e. The first-order valence-corrected chi connectivity index (χ1v) is 9.35. The molecular weight excluding hydrogens is 242 g/mol. The van der Waals surface area contributed by atoms with Crippen LogP contribution in [0.15, 0.2) is 60.7 Å². The van der Waals surface area contributed by atoms with Crippen LogP contribution >= 0.6 is 16.5 Å². The summed E-state index contributed by atoms with van der Waals surface area (Å²) < 4.78 is 0. The highest BCUT2D eigenvalue weighted by molar-refractivity contribution is 7.55. The molecule has 0 heterocycles. The van der Waals surface area contributed by atoms with E-state index in [2.05, 4.69) is 80.7 Å². The fourth-order valence-corrected chi connectivity index (χ4v) is 2.26. The third-order valence-electron chi connectivity index (χ3n) is 1.84. The summed E-state index contributed by atoms with van der Waals surface area (Å²) in [5, 5.41) is 2.79. The summed E-state index contributed by atoms with van der Waals surface area (Å²) in [4.78, 5) is 0. The van der Waals surface area contributed by atoms with Gasteiger partial charge in [-0.1, -0.05) is 69.2 Å². The molecule has 0 saturated heterocycles. The normalized spacial score (nSPS) is 9.65. The Labute approximate surface area is 108 Å². The Morgan fingerprint density at radius 1 is 0.647 bits per heavy atom. The first-order chi connectivity index (χ1) is 8.18. The van der Waals surface area contributed by atoms with Crippen LogP contribution in [0.3, 0.4) is 0 Å². The summed E-state index contributed by atoms with van der Waals surface area (Å²) in [5.74, 6) is 0. The van der Waals surface area contributed by atoms with Gasteiger partial charge < -0.3 is 0 Å². The maximum absolute atomic E-state index is 2.23. The summed E-state index contributed by atoms with van der Waals surface area (Å²) in [5.41, 5.74) is 0. The molecule has 0 aliphatic carbocycles. The molecule has 0 fully saturated rings. The standard InChI is InChI=1S/C12H11P.C3H9P/c1-3-7-11(8-4-1)13-12-9-5-2-6-10-12;1-4(2)3/h1-10,13H;1-3H3. The lowest BCUT2D eigenvalue weighted by Crippen LogP contribution is -2.01. The van der Waals surface area contributed by atoms with E-state index in [1.165, 1.54) is 10.6 Å². The van der Waals surface area contributed by atoms with Gasteiger partial charge in [0.2, 0.25) is 0 Å². The molecule has 0 bridgehead atoms. The second-order valence-corrected chi connectivity index (χ2v) is 8.29. The van der Waals surface area contributed by atoms with Gasteiger partial charge in [-0.15, -0.1) is 7.92 Å². The van der Waals surface area contributed by atoms with Crippen molar-refractivity contribution in [1.29, 1.82) is 0 Å². The van der Waals surface area contributed by atoms with Gasteiger partial charge in [-0.3, -0.25) is 0 Å². The van der Waals surface area contributed by atoms with E-state index in [0.717, 1.165) is 8.58 Å². The third-order valence-corrected chi connectivity index (χ3v) is 3.08. The number of benzene rings is 2. The van der Waals surface area contributed by atoms with Crippen molar-refractivity contribution in [1.82, 2.24) is 0 Å². The highest BCUT2D eigenvalue weighted by atomic mass is 31.1. The smallest absolute Gasteiger partial charge is 0.0226 e. The molecule has 2 aromatic rings. The van der Waals surface area contributed by atoms with Crippen molar-refractivity contribution in [3.05, 3.63) is 60.7 Å². The Hall–Kier alpha value is -0.700. The minimum atomic E-state index is 0.380. The molecule has 0 nitrogen and oxygen atoms in total. The van der Waals surface area contributed by atoms with Gasteiger partial charge in [-0.2, -0.15) is 0 Å². The van der Waals surface area contributed by atoms with Crippen molar-refractivity contribution >= 4 is 27.1 Å². The van der Waals surface area contributed by atoms with Crippen molar-refractivity contribution in [2.24, 2.45) is 0 Å². The van der Waals surface area contributed by atoms with Gasteiger partial charge in [0.15, 0.2) is 0 Å². The summed E-state index contributed by atoms with van der Waals surface area (Å²) in [6.45, 7) is 6.69. The fraction of sp³-hybridized carbons (Fsp3) is 0.200. The van der Waals surface area contributed by atoms with Crippen LogP contribution < -0.4 is 10.6 Å². The van der Waals surface area contributed by atoms with Crippen LogP contribution in [-0.4, -0.2) is 20.0 Å². The van der Waals surface area contributed by atoms with Crippen LogP contribution in [0.5, 0.6) is 0 Å². The molecule has 0 saturated carbocycles. The van der Waals surface area contributed by atoms with E-state index in [0.29, 0.717) is 7.92 Å². The van der Waals surface area contributed by atoms with Gasteiger partial charge in [-0.05, 0) is 30.6 Å². The quantitative estimate of drug-likeness (QED) is 0.724. The minimum Gasteiger partial charge on any atom is -0.116 e. The molecule has 0 spiro atoms. The molecule has 0 aliphatic heterocycles. The van der Waals surface area contributed by atoms with Gasteiger partial charge in [0, 0.05) is 0 Å². The number of hydrogen-bond acceptors (Lipinski definition) is 0. The lowest BCUT2D eigenvalue weighted by atomic mass is 10.4. The van der Waals surface area contributed by atoms with Crippen LogP contribution in [0.1, 0.15) is 0 Å². The Morgan fingerprint density at radius 2 is 0.941 bits per heavy atom. The molecule has 0 amide bonds. The van der Waals surface area contributed by atoms with E-state index < -0.39 is 0 Å². The van der Waals surface area contributed by atoms with Crippen molar-refractivity contribution < 1.29 is 0 Å². The van der Waals surface area contributed by atoms with E-state index in [-0.39, 0.29) is 0 Å². The van der Waals surface area contributed by atoms with Gasteiger partial charge in [0.05, 0.1) is 0 Å². The summed E-state index contributed by atoms with van der Waals surface area (Å²) >= 11 is 0. The SMILES string of the molecule is CP(C)C.c1ccc(Pc2ccccc2)cc1. The zero-order chi connectivity index (χ0) is 12.5. The van der Waals surface area contributed by atoms with Gasteiger partial charge >= 0.3 is 0 Å². The predicted molar refractivity (Wildman–Crippen MR) is 85.2 cm³/mol. The molecule has 0 aromatic heterocycles. The van der Waals surface area contributed by atoms with Crippen LogP contribution in [-0.2, 0) is 0 Å². The van der Waals surface area contributed by atoms with E-state index in [9.17, 15) is 0 Å². The first-order valence-electron chi connectivity index (χ1n) is 5.66. The second-order valence-electron chi connectivity index (χ2n) is 4.20. The van der Waals surface area contributed by atoms with E-state index in [1.807, 2.05) is 0 Å². The molecule has 2 heteroatoms. The predicted octanol–water partition coefficient (Wildman–Crippen LogP) is 3.67. The monoisotopic (exact) mass is 262 g/mol. The topological polar surface area (TPSA) is 0 Å². The van der Waals surface area contributed by atoms with Crippen molar-refractivity contribution in [3.63, 3.8) is 0 Å².